The van der Waals surface area contributed by atoms with Gasteiger partial charge in [0.25, 0.3) is 5.24 Å². The van der Waals surface area contributed by atoms with Crippen molar-refractivity contribution in [2.75, 3.05) is 37.6 Å². The molecule has 2 rings (SSSR count). The van der Waals surface area contributed by atoms with Gasteiger partial charge in [0, 0.05) is 37.4 Å². The van der Waals surface area contributed by atoms with Gasteiger partial charge in [0.05, 0.1) is 0 Å². The smallest absolute Gasteiger partial charge is 0.252 e. The zero-order valence-corrected chi connectivity index (χ0v) is 11.5. The van der Waals surface area contributed by atoms with E-state index in [-0.39, 0.29) is 0 Å². The average Bonchev–Trinajstić information content (AvgIpc) is 2.40. The third-order valence-electron chi connectivity index (χ3n) is 3.37. The lowest BCUT2D eigenvalue weighted by Gasteiger charge is -2.36. The van der Waals surface area contributed by atoms with Gasteiger partial charge in [0.15, 0.2) is 0 Å². The number of carbonyl (C=O) groups excluding carboxylic acids is 1. The van der Waals surface area contributed by atoms with E-state index in [9.17, 15) is 4.79 Å². The molecule has 1 heterocycles. The number of anilines is 1. The van der Waals surface area contributed by atoms with Gasteiger partial charge in [-0.05, 0) is 48.8 Å². The maximum Gasteiger partial charge on any atom is 0.252 e. The zero-order valence-electron chi connectivity index (χ0n) is 10.7. The summed E-state index contributed by atoms with van der Waals surface area (Å²) < 4.78 is 0. The van der Waals surface area contributed by atoms with E-state index < -0.39 is 5.24 Å². The van der Waals surface area contributed by atoms with Crippen molar-refractivity contribution in [2.24, 2.45) is 0 Å². The van der Waals surface area contributed by atoms with Crippen LogP contribution in [0.1, 0.15) is 23.7 Å². The molecule has 0 aliphatic carbocycles. The molecule has 1 fully saturated rings. The fourth-order valence-corrected chi connectivity index (χ4v) is 2.48. The molecule has 18 heavy (non-hydrogen) atoms. The Hall–Kier alpha value is -1.06. The van der Waals surface area contributed by atoms with Gasteiger partial charge in [-0.25, -0.2) is 0 Å². The van der Waals surface area contributed by atoms with E-state index in [0.29, 0.717) is 5.56 Å². The summed E-state index contributed by atoms with van der Waals surface area (Å²) in [7, 11) is 0. The van der Waals surface area contributed by atoms with Crippen LogP contribution in [0, 0.1) is 0 Å². The van der Waals surface area contributed by atoms with Gasteiger partial charge >= 0.3 is 0 Å². The Morgan fingerprint density at radius 2 is 1.78 bits per heavy atom. The fraction of sp³-hybridized carbons (Fsp3) is 0.500. The molecule has 1 aliphatic rings. The Morgan fingerprint density at radius 3 is 2.28 bits per heavy atom. The van der Waals surface area contributed by atoms with Crippen LogP contribution in [0.4, 0.5) is 5.69 Å². The average molecular weight is 267 g/mol. The molecule has 4 heteroatoms. The molecule has 0 aromatic heterocycles. The van der Waals surface area contributed by atoms with E-state index in [1.165, 1.54) is 18.7 Å². The number of hydrogen-bond acceptors (Lipinski definition) is 3. The Morgan fingerprint density at radius 1 is 1.17 bits per heavy atom. The van der Waals surface area contributed by atoms with Gasteiger partial charge in [0.1, 0.15) is 0 Å². The second kappa shape index (κ2) is 6.21. The number of rotatable bonds is 4. The third-order valence-corrected chi connectivity index (χ3v) is 3.59. The highest BCUT2D eigenvalue weighted by Crippen LogP contribution is 2.18. The second-order valence-electron chi connectivity index (χ2n) is 4.65. The van der Waals surface area contributed by atoms with Crippen molar-refractivity contribution >= 4 is 22.5 Å². The predicted octanol–water partition coefficient (Wildman–Crippen LogP) is 2.60. The molecule has 1 aromatic rings. The van der Waals surface area contributed by atoms with Crippen LogP contribution in [0.3, 0.4) is 0 Å². The molecule has 0 unspecified atom stereocenters. The van der Waals surface area contributed by atoms with Crippen molar-refractivity contribution in [1.29, 1.82) is 0 Å². The van der Waals surface area contributed by atoms with Gasteiger partial charge in [-0.15, -0.1) is 0 Å². The number of hydrogen-bond donors (Lipinski definition) is 0. The minimum absolute atomic E-state index is 0.394. The van der Waals surface area contributed by atoms with Gasteiger partial charge in [-0.3, -0.25) is 9.69 Å². The standard InChI is InChI=1S/C14H19ClN2O/c1-2-7-16-8-10-17(11-9-16)13-5-3-12(4-6-13)14(15)18/h3-6H,2,7-11H2,1H3. The van der Waals surface area contributed by atoms with Gasteiger partial charge < -0.3 is 4.90 Å². The van der Waals surface area contributed by atoms with Crippen molar-refractivity contribution in [3.8, 4) is 0 Å². The van der Waals surface area contributed by atoms with Crippen molar-refractivity contribution < 1.29 is 4.79 Å². The number of carbonyl (C=O) groups is 1. The maximum absolute atomic E-state index is 11.0. The highest BCUT2D eigenvalue weighted by molar-refractivity contribution is 6.67. The monoisotopic (exact) mass is 266 g/mol. The molecule has 1 saturated heterocycles. The van der Waals surface area contributed by atoms with E-state index >= 15 is 0 Å². The van der Waals surface area contributed by atoms with Crippen molar-refractivity contribution in [1.82, 2.24) is 4.90 Å². The second-order valence-corrected chi connectivity index (χ2v) is 4.99. The first-order valence-corrected chi connectivity index (χ1v) is 6.85. The van der Waals surface area contributed by atoms with Crippen molar-refractivity contribution in [3.63, 3.8) is 0 Å². The minimum atomic E-state index is -0.394. The predicted molar refractivity (Wildman–Crippen MR) is 75.6 cm³/mol. The summed E-state index contributed by atoms with van der Waals surface area (Å²) >= 11 is 5.44. The van der Waals surface area contributed by atoms with Gasteiger partial charge in [0.2, 0.25) is 0 Å². The first-order valence-electron chi connectivity index (χ1n) is 6.48. The molecule has 0 spiro atoms. The Kier molecular flexibility index (Phi) is 4.61. The maximum atomic E-state index is 11.0. The zero-order chi connectivity index (χ0) is 13.0. The molecule has 1 aliphatic heterocycles. The van der Waals surface area contributed by atoms with Crippen LogP contribution in [0.5, 0.6) is 0 Å². The normalized spacial score (nSPS) is 16.9. The topological polar surface area (TPSA) is 23.6 Å². The summed E-state index contributed by atoms with van der Waals surface area (Å²) in [5.41, 5.74) is 1.73. The van der Waals surface area contributed by atoms with Gasteiger partial charge in [-0.2, -0.15) is 0 Å². The largest absolute Gasteiger partial charge is 0.369 e. The third kappa shape index (κ3) is 3.24. The molecule has 0 amide bonds. The van der Waals surface area contributed by atoms with Crippen molar-refractivity contribution in [2.45, 2.75) is 13.3 Å². The summed E-state index contributed by atoms with van der Waals surface area (Å²) in [6.45, 7) is 7.73. The van der Waals surface area contributed by atoms with E-state index in [0.717, 1.165) is 26.2 Å². The van der Waals surface area contributed by atoms with Crippen LogP contribution >= 0.6 is 11.6 Å². The molecule has 0 atom stereocenters. The van der Waals surface area contributed by atoms with Crippen LogP contribution < -0.4 is 4.90 Å². The highest BCUT2D eigenvalue weighted by Gasteiger charge is 2.16. The first-order chi connectivity index (χ1) is 8.70. The molecule has 0 saturated carbocycles. The minimum Gasteiger partial charge on any atom is -0.369 e. The molecular weight excluding hydrogens is 248 g/mol. The molecule has 0 N–H and O–H groups in total. The number of halogens is 1. The molecule has 1 aromatic carbocycles. The Balaban J connectivity index is 1.95. The van der Waals surface area contributed by atoms with Crippen LogP contribution in [0.2, 0.25) is 0 Å². The number of benzene rings is 1. The summed E-state index contributed by atoms with van der Waals surface area (Å²) in [4.78, 5) is 15.8. The molecule has 0 radical (unpaired) electrons. The quantitative estimate of drug-likeness (QED) is 0.783. The van der Waals surface area contributed by atoms with Crippen LogP contribution in [-0.4, -0.2) is 42.9 Å². The summed E-state index contributed by atoms with van der Waals surface area (Å²) in [5.74, 6) is 0. The molecule has 3 nitrogen and oxygen atoms in total. The molecular formula is C14H19ClN2O. The fourth-order valence-electron chi connectivity index (χ4n) is 2.35. The SMILES string of the molecule is CCCN1CCN(c2ccc(C(=O)Cl)cc2)CC1. The van der Waals surface area contributed by atoms with Gasteiger partial charge in [-0.1, -0.05) is 6.92 Å². The Labute approximate surface area is 113 Å². The van der Waals surface area contributed by atoms with E-state index in [1.807, 2.05) is 12.1 Å². The van der Waals surface area contributed by atoms with E-state index in [4.69, 9.17) is 11.6 Å². The summed E-state index contributed by atoms with van der Waals surface area (Å²) in [6.07, 6.45) is 1.21. The molecule has 98 valence electrons. The lowest BCUT2D eigenvalue weighted by molar-refractivity contribution is 0.108. The number of nitrogens with zero attached hydrogens (tertiary/aromatic N) is 2. The highest BCUT2D eigenvalue weighted by atomic mass is 35.5. The van der Waals surface area contributed by atoms with Crippen LogP contribution in [0.25, 0.3) is 0 Å². The lowest BCUT2D eigenvalue weighted by atomic mass is 10.2. The van der Waals surface area contributed by atoms with E-state index in [2.05, 4.69) is 16.7 Å². The summed E-state index contributed by atoms with van der Waals surface area (Å²) in [6, 6.07) is 7.54. The van der Waals surface area contributed by atoms with Crippen LogP contribution in [-0.2, 0) is 0 Å². The van der Waals surface area contributed by atoms with Crippen LogP contribution in [0.15, 0.2) is 24.3 Å². The lowest BCUT2D eigenvalue weighted by Crippen LogP contribution is -2.46. The first kappa shape index (κ1) is 13.4. The summed E-state index contributed by atoms with van der Waals surface area (Å²) in [5, 5.41) is -0.394. The molecule has 0 bridgehead atoms. The Bertz CT molecular complexity index is 397. The number of piperazine rings is 1. The van der Waals surface area contributed by atoms with E-state index in [1.54, 1.807) is 12.1 Å². The van der Waals surface area contributed by atoms with Crippen molar-refractivity contribution in [3.05, 3.63) is 29.8 Å².